The van der Waals surface area contributed by atoms with Crippen LogP contribution in [0.25, 0.3) is 38.6 Å². The summed E-state index contributed by atoms with van der Waals surface area (Å²) in [6.07, 6.45) is 0. The van der Waals surface area contributed by atoms with Crippen LogP contribution in [0, 0.1) is 0 Å². The second-order valence-electron chi connectivity index (χ2n) is 15.9. The predicted octanol–water partition coefficient (Wildman–Crippen LogP) is 16.9. The lowest BCUT2D eigenvalue weighted by Gasteiger charge is -2.30. The Labute approximate surface area is 374 Å². The van der Waals surface area contributed by atoms with Crippen LogP contribution in [0.2, 0.25) is 0 Å². The molecule has 0 radical (unpaired) electrons. The van der Waals surface area contributed by atoms with Crippen LogP contribution >= 0.6 is 0 Å². The molecule has 0 atom stereocenters. The van der Waals surface area contributed by atoms with Crippen LogP contribution in [0.3, 0.4) is 0 Å². The molecule has 0 bridgehead atoms. The van der Waals surface area contributed by atoms with E-state index in [0.717, 1.165) is 73.5 Å². The zero-order valence-electron chi connectivity index (χ0n) is 35.2. The number of rotatable bonds is 11. The number of nitrogens with zero attached hydrogens (tertiary/aromatic N) is 4. The first kappa shape index (κ1) is 38.3. The van der Waals surface area contributed by atoms with Crippen LogP contribution in [0.1, 0.15) is 0 Å². The number of para-hydroxylation sites is 7. The molecule has 4 heteroatoms. The quantitative estimate of drug-likeness (QED) is 0.129. The Kier molecular flexibility index (Phi) is 10.2. The molecule has 4 nitrogen and oxygen atoms in total. The van der Waals surface area contributed by atoms with E-state index in [9.17, 15) is 0 Å². The molecular weight excluding hydrogens is 777 g/mol. The van der Waals surface area contributed by atoms with Crippen molar-refractivity contribution in [2.75, 3.05) is 14.7 Å². The van der Waals surface area contributed by atoms with Crippen molar-refractivity contribution >= 4 is 73.0 Å². The smallest absolute Gasteiger partial charge is 0.0561 e. The highest BCUT2D eigenvalue weighted by Crippen LogP contribution is 2.44. The Morgan fingerprint density at radius 2 is 0.578 bits per heavy atom. The molecule has 0 saturated carbocycles. The highest BCUT2D eigenvalue weighted by Gasteiger charge is 2.21. The minimum atomic E-state index is 1.05. The van der Waals surface area contributed by atoms with E-state index in [-0.39, 0.29) is 0 Å². The molecule has 0 aliphatic heterocycles. The molecule has 0 amide bonds. The van der Waals surface area contributed by atoms with Gasteiger partial charge in [0.05, 0.1) is 11.0 Å². The Balaban J connectivity index is 1.07. The zero-order valence-corrected chi connectivity index (χ0v) is 35.2. The number of aromatic nitrogens is 1. The van der Waals surface area contributed by atoms with Crippen LogP contribution in [0.4, 0.5) is 51.2 Å². The molecule has 11 aromatic rings. The predicted molar refractivity (Wildman–Crippen MR) is 270 cm³/mol. The van der Waals surface area contributed by atoms with Crippen molar-refractivity contribution < 1.29 is 0 Å². The molecule has 0 spiro atoms. The van der Waals surface area contributed by atoms with E-state index < -0.39 is 0 Å². The average Bonchev–Trinajstić information content (AvgIpc) is 3.70. The second-order valence-corrected chi connectivity index (χ2v) is 15.9. The first-order valence-corrected chi connectivity index (χ1v) is 21.8. The topological polar surface area (TPSA) is 14.7 Å². The molecule has 0 aliphatic rings. The Bertz CT molecular complexity index is 3120. The highest BCUT2D eigenvalue weighted by atomic mass is 15.2. The molecule has 304 valence electrons. The lowest BCUT2D eigenvalue weighted by molar-refractivity contribution is 1.18. The summed E-state index contributed by atoms with van der Waals surface area (Å²) in [4.78, 5) is 7.05. The van der Waals surface area contributed by atoms with E-state index in [1.807, 2.05) is 0 Å². The van der Waals surface area contributed by atoms with Crippen molar-refractivity contribution in [3.05, 3.63) is 267 Å². The normalized spacial score (nSPS) is 11.1. The highest BCUT2D eigenvalue weighted by molar-refractivity contribution is 6.10. The van der Waals surface area contributed by atoms with Crippen LogP contribution in [-0.2, 0) is 0 Å². The molecule has 0 saturated heterocycles. The van der Waals surface area contributed by atoms with Crippen LogP contribution in [0.5, 0.6) is 0 Å². The molecule has 10 aromatic carbocycles. The largest absolute Gasteiger partial charge is 0.310 e. The fraction of sp³-hybridized carbons (Fsp3) is 0. The molecule has 1 aromatic heterocycles. The van der Waals surface area contributed by atoms with Gasteiger partial charge in [-0.2, -0.15) is 0 Å². The van der Waals surface area contributed by atoms with E-state index >= 15 is 0 Å². The fourth-order valence-corrected chi connectivity index (χ4v) is 9.00. The van der Waals surface area contributed by atoms with E-state index in [4.69, 9.17) is 0 Å². The number of fused-ring (bicyclic) bond motifs is 3. The van der Waals surface area contributed by atoms with Gasteiger partial charge in [0.2, 0.25) is 0 Å². The maximum atomic E-state index is 2.38. The van der Waals surface area contributed by atoms with Gasteiger partial charge in [-0.1, -0.05) is 146 Å². The standard InChI is InChI=1S/C60H44N4/c1-7-21-47(22-8-1)61(54-39-40-58-57-33-19-20-34-59(57)64(60(58)44-54)52-31-17-6-18-32-52)53-37-35-45(36-38-53)46-41-55(62(48-23-9-2-10-24-48)49-25-11-3-12-26-49)43-56(42-46)63(50-27-13-4-14-28-50)51-29-15-5-16-30-51/h1-44H. The van der Waals surface area contributed by atoms with Gasteiger partial charge in [0, 0.05) is 67.6 Å². The van der Waals surface area contributed by atoms with Crippen molar-refractivity contribution in [3.8, 4) is 16.8 Å². The molecular formula is C60H44N4. The fourth-order valence-electron chi connectivity index (χ4n) is 9.00. The molecule has 64 heavy (non-hydrogen) atoms. The number of benzene rings is 10. The van der Waals surface area contributed by atoms with Crippen LogP contribution in [-0.4, -0.2) is 4.57 Å². The average molecular weight is 821 g/mol. The SMILES string of the molecule is c1ccc(N(c2ccccc2)c2cc(-c3ccc(N(c4ccccc4)c4ccc5c6ccccc6n(-c6ccccc6)c5c4)cc3)cc(N(c3ccccc3)c3ccccc3)c2)cc1. The van der Waals surface area contributed by atoms with Crippen molar-refractivity contribution in [1.29, 1.82) is 0 Å². The van der Waals surface area contributed by atoms with Crippen molar-refractivity contribution in [1.82, 2.24) is 4.57 Å². The minimum absolute atomic E-state index is 1.05. The molecule has 0 fully saturated rings. The summed E-state index contributed by atoms with van der Waals surface area (Å²) in [5, 5.41) is 2.46. The third-order valence-corrected chi connectivity index (χ3v) is 11.9. The summed E-state index contributed by atoms with van der Waals surface area (Å²) in [6.45, 7) is 0. The van der Waals surface area contributed by atoms with E-state index in [1.165, 1.54) is 16.3 Å². The van der Waals surface area contributed by atoms with Gasteiger partial charge in [0.15, 0.2) is 0 Å². The summed E-state index contributed by atoms with van der Waals surface area (Å²) >= 11 is 0. The number of anilines is 9. The van der Waals surface area contributed by atoms with Crippen LogP contribution in [0.15, 0.2) is 267 Å². The van der Waals surface area contributed by atoms with Gasteiger partial charge in [0.1, 0.15) is 0 Å². The molecule has 0 N–H and O–H groups in total. The van der Waals surface area contributed by atoms with Gasteiger partial charge in [0.25, 0.3) is 0 Å². The summed E-state index contributed by atoms with van der Waals surface area (Å²) < 4.78 is 2.38. The van der Waals surface area contributed by atoms with Crippen molar-refractivity contribution in [2.45, 2.75) is 0 Å². The maximum absolute atomic E-state index is 2.38. The Hall–Kier alpha value is -8.60. The number of hydrogen-bond donors (Lipinski definition) is 0. The van der Waals surface area contributed by atoms with Crippen LogP contribution < -0.4 is 14.7 Å². The summed E-state index contributed by atoms with van der Waals surface area (Å²) in [5.74, 6) is 0. The molecule has 0 aliphatic carbocycles. The van der Waals surface area contributed by atoms with Gasteiger partial charge < -0.3 is 19.3 Å². The van der Waals surface area contributed by atoms with Gasteiger partial charge in [-0.3, -0.25) is 0 Å². The first-order valence-electron chi connectivity index (χ1n) is 21.8. The van der Waals surface area contributed by atoms with Crippen molar-refractivity contribution in [2.24, 2.45) is 0 Å². The lowest BCUT2D eigenvalue weighted by Crippen LogP contribution is -2.13. The second kappa shape index (κ2) is 17.0. The van der Waals surface area contributed by atoms with E-state index in [2.05, 4.69) is 286 Å². The number of hydrogen-bond acceptors (Lipinski definition) is 3. The summed E-state index contributed by atoms with van der Waals surface area (Å²) in [6, 6.07) is 95.4. The Morgan fingerprint density at radius 1 is 0.219 bits per heavy atom. The van der Waals surface area contributed by atoms with Gasteiger partial charge in [-0.05, 0) is 132 Å². The zero-order chi connectivity index (χ0) is 42.7. The minimum Gasteiger partial charge on any atom is -0.310 e. The molecule has 0 unspecified atom stereocenters. The molecule has 11 rings (SSSR count). The van der Waals surface area contributed by atoms with E-state index in [0.29, 0.717) is 0 Å². The maximum Gasteiger partial charge on any atom is 0.0561 e. The third-order valence-electron chi connectivity index (χ3n) is 11.9. The monoisotopic (exact) mass is 820 g/mol. The third kappa shape index (κ3) is 7.33. The van der Waals surface area contributed by atoms with Gasteiger partial charge in [-0.15, -0.1) is 0 Å². The summed E-state index contributed by atoms with van der Waals surface area (Å²) in [7, 11) is 0. The van der Waals surface area contributed by atoms with Gasteiger partial charge >= 0.3 is 0 Å². The van der Waals surface area contributed by atoms with Crippen molar-refractivity contribution in [3.63, 3.8) is 0 Å². The first-order chi connectivity index (χ1) is 31.8. The lowest BCUT2D eigenvalue weighted by atomic mass is 10.0. The Morgan fingerprint density at radius 3 is 1.05 bits per heavy atom. The van der Waals surface area contributed by atoms with E-state index in [1.54, 1.807) is 0 Å². The molecule has 1 heterocycles. The van der Waals surface area contributed by atoms with Gasteiger partial charge in [-0.25, -0.2) is 0 Å². The summed E-state index contributed by atoms with van der Waals surface area (Å²) in [5.41, 5.74) is 15.4.